The Morgan fingerprint density at radius 3 is 2.60 bits per heavy atom. The average molecular weight is 140 g/mol. The average Bonchev–Trinajstić information content (AvgIpc) is 2.11. The maximum Gasteiger partial charge on any atom is 0.228 e. The number of carbonyl (C=O) groups excluding carboxylic acids is 2. The van der Waals surface area contributed by atoms with E-state index in [9.17, 15) is 9.59 Å². The van der Waals surface area contributed by atoms with Gasteiger partial charge >= 0.3 is 0 Å². The molecule has 55 valence electrons. The first-order valence-electron chi connectivity index (χ1n) is 3.28. The molecule has 1 aliphatic rings. The third-order valence-electron chi connectivity index (χ3n) is 1.87. The van der Waals surface area contributed by atoms with Gasteiger partial charge in [0.2, 0.25) is 5.91 Å². The molecule has 1 fully saturated rings. The molecular weight excluding hydrogens is 130 g/mol. The molecule has 1 radical (unpaired) electrons. The van der Waals surface area contributed by atoms with Gasteiger partial charge in [0.05, 0.1) is 5.92 Å². The Hall–Kier alpha value is -0.860. The van der Waals surface area contributed by atoms with Crippen LogP contribution in [0.15, 0.2) is 0 Å². The maximum atomic E-state index is 10.9. The van der Waals surface area contributed by atoms with Crippen LogP contribution < -0.4 is 5.73 Å². The van der Waals surface area contributed by atoms with Crippen molar-refractivity contribution in [3.05, 3.63) is 6.42 Å². The lowest BCUT2D eigenvalue weighted by Crippen LogP contribution is -2.30. The standard InChI is InChI=1S/C7H10NO2/c1-4-2-3-5(9)6(4)7(8)10/h2,4,6H,3H2,1H3,(H2,8,10)/t4-,6?/m0/s1. The van der Waals surface area contributed by atoms with E-state index in [4.69, 9.17) is 5.73 Å². The van der Waals surface area contributed by atoms with Crippen LogP contribution in [0.25, 0.3) is 0 Å². The summed E-state index contributed by atoms with van der Waals surface area (Å²) in [7, 11) is 0. The largest absolute Gasteiger partial charge is 0.369 e. The van der Waals surface area contributed by atoms with Crippen molar-refractivity contribution in [1.29, 1.82) is 0 Å². The zero-order valence-electron chi connectivity index (χ0n) is 5.83. The van der Waals surface area contributed by atoms with Gasteiger partial charge in [0.15, 0.2) is 0 Å². The van der Waals surface area contributed by atoms with Crippen molar-refractivity contribution >= 4 is 11.7 Å². The highest BCUT2D eigenvalue weighted by molar-refractivity contribution is 6.03. The third-order valence-corrected chi connectivity index (χ3v) is 1.87. The van der Waals surface area contributed by atoms with Crippen LogP contribution in [-0.2, 0) is 9.59 Å². The van der Waals surface area contributed by atoms with Gasteiger partial charge in [-0.1, -0.05) is 6.92 Å². The molecule has 1 amide bonds. The second kappa shape index (κ2) is 2.40. The number of ketones is 1. The first kappa shape index (κ1) is 7.25. The van der Waals surface area contributed by atoms with Crippen LogP contribution in [0.1, 0.15) is 13.3 Å². The number of Topliss-reactive ketones (excluding diaryl/α,β-unsaturated/α-hetero) is 1. The van der Waals surface area contributed by atoms with Crippen molar-refractivity contribution in [3.63, 3.8) is 0 Å². The summed E-state index contributed by atoms with van der Waals surface area (Å²) in [5.74, 6) is -1.06. The normalized spacial score (nSPS) is 32.7. The van der Waals surface area contributed by atoms with Gasteiger partial charge in [0.25, 0.3) is 0 Å². The predicted octanol–water partition coefficient (Wildman–Crippen LogP) is -0.0989. The molecule has 0 heterocycles. The van der Waals surface area contributed by atoms with E-state index in [1.54, 1.807) is 0 Å². The minimum absolute atomic E-state index is 0.0324. The second-order valence-electron chi connectivity index (χ2n) is 2.65. The molecule has 1 unspecified atom stereocenters. The van der Waals surface area contributed by atoms with Crippen LogP contribution >= 0.6 is 0 Å². The Balaban J connectivity index is 2.72. The molecule has 0 aromatic rings. The summed E-state index contributed by atoms with van der Waals surface area (Å²) in [5.41, 5.74) is 5.00. The third kappa shape index (κ3) is 1.03. The fourth-order valence-electron chi connectivity index (χ4n) is 1.28. The van der Waals surface area contributed by atoms with E-state index >= 15 is 0 Å². The van der Waals surface area contributed by atoms with Gasteiger partial charge in [0.1, 0.15) is 5.78 Å². The molecule has 3 nitrogen and oxygen atoms in total. The number of nitrogens with two attached hydrogens (primary N) is 1. The van der Waals surface area contributed by atoms with Gasteiger partial charge in [-0.05, 0) is 12.3 Å². The lowest BCUT2D eigenvalue weighted by molar-refractivity contribution is -0.131. The Kier molecular flexibility index (Phi) is 1.74. The lowest BCUT2D eigenvalue weighted by atomic mass is 9.97. The molecule has 0 aliphatic heterocycles. The number of hydrogen-bond acceptors (Lipinski definition) is 2. The van der Waals surface area contributed by atoms with Crippen LogP contribution in [0.4, 0.5) is 0 Å². The summed E-state index contributed by atoms with van der Waals surface area (Å²) in [6, 6.07) is 0. The van der Waals surface area contributed by atoms with Crippen LogP contribution in [0.3, 0.4) is 0 Å². The first-order chi connectivity index (χ1) is 4.63. The van der Waals surface area contributed by atoms with Crippen molar-refractivity contribution < 1.29 is 9.59 Å². The maximum absolute atomic E-state index is 10.9. The summed E-state index contributed by atoms with van der Waals surface area (Å²) in [6.07, 6.45) is 2.23. The van der Waals surface area contributed by atoms with Crippen molar-refractivity contribution in [2.45, 2.75) is 13.3 Å². The smallest absolute Gasteiger partial charge is 0.228 e. The topological polar surface area (TPSA) is 60.2 Å². The fourth-order valence-corrected chi connectivity index (χ4v) is 1.28. The number of rotatable bonds is 1. The van der Waals surface area contributed by atoms with Gasteiger partial charge in [-0.15, -0.1) is 0 Å². The van der Waals surface area contributed by atoms with Gasteiger partial charge in [0, 0.05) is 6.42 Å². The summed E-state index contributed by atoms with van der Waals surface area (Å²) >= 11 is 0. The zero-order chi connectivity index (χ0) is 7.72. The molecule has 3 heteroatoms. The Morgan fingerprint density at radius 2 is 2.40 bits per heavy atom. The lowest BCUT2D eigenvalue weighted by Gasteiger charge is -2.07. The summed E-state index contributed by atoms with van der Waals surface area (Å²) in [4.78, 5) is 21.5. The second-order valence-corrected chi connectivity index (χ2v) is 2.65. The number of primary amides is 1. The molecule has 0 saturated heterocycles. The monoisotopic (exact) mass is 140 g/mol. The molecule has 2 N–H and O–H groups in total. The van der Waals surface area contributed by atoms with E-state index in [-0.39, 0.29) is 11.7 Å². The quantitative estimate of drug-likeness (QED) is 0.517. The summed E-state index contributed by atoms with van der Waals surface area (Å²) in [5, 5.41) is 0. The highest BCUT2D eigenvalue weighted by Gasteiger charge is 2.35. The number of amides is 1. The predicted molar refractivity (Wildman–Crippen MR) is 35.8 cm³/mol. The Bertz CT molecular complexity index is 176. The van der Waals surface area contributed by atoms with Crippen LogP contribution in [-0.4, -0.2) is 11.7 Å². The molecule has 0 spiro atoms. The van der Waals surface area contributed by atoms with E-state index in [1.165, 1.54) is 0 Å². The molecule has 10 heavy (non-hydrogen) atoms. The van der Waals surface area contributed by atoms with E-state index in [2.05, 4.69) is 0 Å². The summed E-state index contributed by atoms with van der Waals surface area (Å²) < 4.78 is 0. The van der Waals surface area contributed by atoms with Crippen LogP contribution in [0, 0.1) is 18.3 Å². The van der Waals surface area contributed by atoms with Gasteiger partial charge in [-0.2, -0.15) is 0 Å². The van der Waals surface area contributed by atoms with Gasteiger partial charge < -0.3 is 5.73 Å². The molecule has 0 aromatic heterocycles. The first-order valence-corrected chi connectivity index (χ1v) is 3.28. The van der Waals surface area contributed by atoms with Crippen molar-refractivity contribution in [1.82, 2.24) is 0 Å². The van der Waals surface area contributed by atoms with E-state index in [0.717, 1.165) is 0 Å². The van der Waals surface area contributed by atoms with Crippen molar-refractivity contribution in [2.24, 2.45) is 17.6 Å². The Labute approximate surface area is 59.6 Å². The van der Waals surface area contributed by atoms with E-state index in [0.29, 0.717) is 6.42 Å². The molecule has 2 atom stereocenters. The van der Waals surface area contributed by atoms with Crippen molar-refractivity contribution in [3.8, 4) is 0 Å². The zero-order valence-corrected chi connectivity index (χ0v) is 5.83. The molecule has 1 aliphatic carbocycles. The SMILES string of the molecule is C[C@H]1[CH]CC(=O)C1C(N)=O. The molecule has 0 bridgehead atoms. The van der Waals surface area contributed by atoms with Gasteiger partial charge in [-0.25, -0.2) is 0 Å². The highest BCUT2D eigenvalue weighted by atomic mass is 16.2. The van der Waals surface area contributed by atoms with E-state index < -0.39 is 11.8 Å². The van der Waals surface area contributed by atoms with E-state index in [1.807, 2.05) is 13.3 Å². The number of hydrogen-bond donors (Lipinski definition) is 1. The Morgan fingerprint density at radius 1 is 1.80 bits per heavy atom. The molecule has 1 saturated carbocycles. The molecular formula is C7H10NO2. The minimum atomic E-state index is -0.556. The highest BCUT2D eigenvalue weighted by Crippen LogP contribution is 2.26. The van der Waals surface area contributed by atoms with Crippen molar-refractivity contribution in [2.75, 3.05) is 0 Å². The fraction of sp³-hybridized carbons (Fsp3) is 0.571. The van der Waals surface area contributed by atoms with Crippen LogP contribution in [0.2, 0.25) is 0 Å². The van der Waals surface area contributed by atoms with Crippen LogP contribution in [0.5, 0.6) is 0 Å². The van der Waals surface area contributed by atoms with Gasteiger partial charge in [-0.3, -0.25) is 9.59 Å². The minimum Gasteiger partial charge on any atom is -0.369 e. The molecule has 1 rings (SSSR count). The number of carbonyl (C=O) groups is 2. The summed E-state index contributed by atoms with van der Waals surface area (Å²) in [6.45, 7) is 1.83. The molecule has 0 aromatic carbocycles.